The number of ketones is 1. The summed E-state index contributed by atoms with van der Waals surface area (Å²) in [5.74, 6) is 0.344. The highest BCUT2D eigenvalue weighted by Crippen LogP contribution is 2.26. The Labute approximate surface area is 77.6 Å². The lowest BCUT2D eigenvalue weighted by molar-refractivity contribution is -0.120. The lowest BCUT2D eigenvalue weighted by atomic mass is 10.0. The standard InChI is InChI=1S/C9H15NO3/c1-6(11)7-3-4-8(5-7)10-9(12)13-2/h7-8H,3-5H2,1-2H3,(H,10,12)/t7-,8+/m1/s1. The molecule has 1 aliphatic rings. The normalized spacial score (nSPS) is 26.9. The Hall–Kier alpha value is -1.06. The van der Waals surface area contributed by atoms with Crippen LogP contribution in [0, 0.1) is 5.92 Å². The van der Waals surface area contributed by atoms with E-state index in [4.69, 9.17) is 0 Å². The molecule has 1 amide bonds. The lowest BCUT2D eigenvalue weighted by Crippen LogP contribution is -2.32. The van der Waals surface area contributed by atoms with Gasteiger partial charge in [0.15, 0.2) is 0 Å². The van der Waals surface area contributed by atoms with Crippen LogP contribution in [0.4, 0.5) is 4.79 Å². The van der Waals surface area contributed by atoms with Gasteiger partial charge in [-0.15, -0.1) is 0 Å². The van der Waals surface area contributed by atoms with Crippen molar-refractivity contribution in [3.8, 4) is 0 Å². The van der Waals surface area contributed by atoms with E-state index in [2.05, 4.69) is 10.1 Å². The number of hydrogen-bond donors (Lipinski definition) is 1. The third-order valence-electron chi connectivity index (χ3n) is 2.51. The van der Waals surface area contributed by atoms with Crippen LogP contribution in [0.5, 0.6) is 0 Å². The molecule has 4 nitrogen and oxygen atoms in total. The monoisotopic (exact) mass is 185 g/mol. The Morgan fingerprint density at radius 2 is 2.08 bits per heavy atom. The molecule has 1 N–H and O–H groups in total. The second kappa shape index (κ2) is 4.25. The minimum Gasteiger partial charge on any atom is -0.453 e. The van der Waals surface area contributed by atoms with Crippen LogP contribution in [0.25, 0.3) is 0 Å². The molecule has 0 aromatic carbocycles. The minimum absolute atomic E-state index is 0.112. The summed E-state index contributed by atoms with van der Waals surface area (Å²) in [6.07, 6.45) is 2.10. The van der Waals surface area contributed by atoms with E-state index in [0.29, 0.717) is 0 Å². The van der Waals surface area contributed by atoms with E-state index in [1.807, 2.05) is 0 Å². The summed E-state index contributed by atoms with van der Waals surface area (Å²) < 4.78 is 4.47. The Balaban J connectivity index is 2.33. The van der Waals surface area contributed by atoms with Crippen LogP contribution in [-0.4, -0.2) is 25.0 Å². The van der Waals surface area contributed by atoms with Crippen LogP contribution in [0.3, 0.4) is 0 Å². The first-order chi connectivity index (χ1) is 6.13. The molecule has 0 radical (unpaired) electrons. The van der Waals surface area contributed by atoms with Gasteiger partial charge in [-0.25, -0.2) is 4.79 Å². The van der Waals surface area contributed by atoms with Crippen molar-refractivity contribution in [2.45, 2.75) is 32.2 Å². The van der Waals surface area contributed by atoms with Crippen LogP contribution in [0.1, 0.15) is 26.2 Å². The fourth-order valence-corrected chi connectivity index (χ4v) is 1.71. The van der Waals surface area contributed by atoms with Crippen molar-refractivity contribution in [3.63, 3.8) is 0 Å². The molecule has 4 heteroatoms. The summed E-state index contributed by atoms with van der Waals surface area (Å²) in [6.45, 7) is 1.60. The molecule has 2 atom stereocenters. The highest BCUT2D eigenvalue weighted by molar-refractivity contribution is 5.78. The third kappa shape index (κ3) is 2.72. The SMILES string of the molecule is COC(=O)N[C@H]1CC[C@@H](C(C)=O)C1. The van der Waals surface area contributed by atoms with Crippen LogP contribution in [0.2, 0.25) is 0 Å². The molecule has 0 heterocycles. The number of alkyl carbamates (subject to hydrolysis) is 1. The molecule has 74 valence electrons. The topological polar surface area (TPSA) is 55.4 Å². The fraction of sp³-hybridized carbons (Fsp3) is 0.778. The molecule has 0 unspecified atom stereocenters. The first-order valence-corrected chi connectivity index (χ1v) is 4.48. The first kappa shape index (κ1) is 10.0. The van der Waals surface area contributed by atoms with E-state index < -0.39 is 6.09 Å². The van der Waals surface area contributed by atoms with Crippen LogP contribution < -0.4 is 5.32 Å². The van der Waals surface area contributed by atoms with Crippen molar-refractivity contribution in [2.24, 2.45) is 5.92 Å². The first-order valence-electron chi connectivity index (χ1n) is 4.48. The number of Topliss-reactive ketones (excluding diaryl/α,β-unsaturated/α-hetero) is 1. The third-order valence-corrected chi connectivity index (χ3v) is 2.51. The van der Waals surface area contributed by atoms with Gasteiger partial charge >= 0.3 is 6.09 Å². The fourth-order valence-electron chi connectivity index (χ4n) is 1.71. The zero-order valence-corrected chi connectivity index (χ0v) is 8.00. The van der Waals surface area contributed by atoms with Gasteiger partial charge < -0.3 is 10.1 Å². The molecule has 0 spiro atoms. The second-order valence-electron chi connectivity index (χ2n) is 3.45. The van der Waals surface area contributed by atoms with Gasteiger partial charge in [0.25, 0.3) is 0 Å². The molecule has 1 rings (SSSR count). The number of nitrogens with one attached hydrogen (secondary N) is 1. The molecule has 1 aliphatic carbocycles. The van der Waals surface area contributed by atoms with E-state index in [-0.39, 0.29) is 17.7 Å². The Bertz CT molecular complexity index is 215. The van der Waals surface area contributed by atoms with Gasteiger partial charge in [0.1, 0.15) is 5.78 Å². The molecule has 0 aliphatic heterocycles. The molecule has 0 aromatic rings. The average Bonchev–Trinajstić information content (AvgIpc) is 2.52. The van der Waals surface area contributed by atoms with Crippen LogP contribution >= 0.6 is 0 Å². The zero-order valence-electron chi connectivity index (χ0n) is 8.00. The number of ether oxygens (including phenoxy) is 1. The van der Waals surface area contributed by atoms with Gasteiger partial charge in [0.05, 0.1) is 7.11 Å². The largest absolute Gasteiger partial charge is 0.453 e. The lowest BCUT2D eigenvalue weighted by Gasteiger charge is -2.10. The quantitative estimate of drug-likeness (QED) is 0.700. The second-order valence-corrected chi connectivity index (χ2v) is 3.45. The van der Waals surface area contributed by atoms with Gasteiger partial charge in [-0.1, -0.05) is 0 Å². The Morgan fingerprint density at radius 3 is 2.54 bits per heavy atom. The molecular formula is C9H15NO3. The van der Waals surface area contributed by atoms with Gasteiger partial charge in [-0.2, -0.15) is 0 Å². The van der Waals surface area contributed by atoms with E-state index in [9.17, 15) is 9.59 Å². The predicted octanol–water partition coefficient (Wildman–Crippen LogP) is 1.10. The van der Waals surface area contributed by atoms with Gasteiger partial charge in [0.2, 0.25) is 0 Å². The smallest absolute Gasteiger partial charge is 0.407 e. The van der Waals surface area contributed by atoms with Gasteiger partial charge in [0, 0.05) is 12.0 Å². The molecule has 0 saturated heterocycles. The van der Waals surface area contributed by atoms with E-state index >= 15 is 0 Å². The molecule has 1 saturated carbocycles. The maximum atomic E-state index is 11.0. The summed E-state index contributed by atoms with van der Waals surface area (Å²) in [5.41, 5.74) is 0. The average molecular weight is 185 g/mol. The van der Waals surface area contributed by atoms with Crippen molar-refractivity contribution in [1.82, 2.24) is 5.32 Å². The van der Waals surface area contributed by atoms with Crippen molar-refractivity contribution in [1.29, 1.82) is 0 Å². The Morgan fingerprint density at radius 1 is 1.38 bits per heavy atom. The summed E-state index contributed by atoms with van der Waals surface area (Å²) in [4.78, 5) is 21.8. The number of carbonyl (C=O) groups excluding carboxylic acids is 2. The number of methoxy groups -OCH3 is 1. The van der Waals surface area contributed by atoms with Gasteiger partial charge in [-0.05, 0) is 26.2 Å². The van der Waals surface area contributed by atoms with Crippen LogP contribution in [0.15, 0.2) is 0 Å². The zero-order chi connectivity index (χ0) is 9.84. The van der Waals surface area contributed by atoms with Crippen molar-refractivity contribution in [3.05, 3.63) is 0 Å². The van der Waals surface area contributed by atoms with Crippen molar-refractivity contribution in [2.75, 3.05) is 7.11 Å². The summed E-state index contributed by atoms with van der Waals surface area (Å²) >= 11 is 0. The number of amides is 1. The molecule has 13 heavy (non-hydrogen) atoms. The summed E-state index contributed by atoms with van der Waals surface area (Å²) in [7, 11) is 1.34. The predicted molar refractivity (Wildman–Crippen MR) is 47.4 cm³/mol. The molecule has 0 bridgehead atoms. The maximum Gasteiger partial charge on any atom is 0.407 e. The summed E-state index contributed by atoms with van der Waals surface area (Å²) in [6, 6.07) is 0.112. The molecule has 1 fully saturated rings. The van der Waals surface area contributed by atoms with Crippen molar-refractivity contribution >= 4 is 11.9 Å². The van der Waals surface area contributed by atoms with Crippen molar-refractivity contribution < 1.29 is 14.3 Å². The summed E-state index contributed by atoms with van der Waals surface area (Å²) in [5, 5.41) is 2.70. The highest BCUT2D eigenvalue weighted by atomic mass is 16.5. The number of rotatable bonds is 2. The maximum absolute atomic E-state index is 11.0. The highest BCUT2D eigenvalue weighted by Gasteiger charge is 2.28. The minimum atomic E-state index is -0.408. The van der Waals surface area contributed by atoms with E-state index in [0.717, 1.165) is 19.3 Å². The molecule has 0 aromatic heterocycles. The van der Waals surface area contributed by atoms with Gasteiger partial charge in [-0.3, -0.25) is 4.79 Å². The molecular weight excluding hydrogens is 170 g/mol. The number of hydrogen-bond acceptors (Lipinski definition) is 3. The Kier molecular flexibility index (Phi) is 3.28. The van der Waals surface area contributed by atoms with E-state index in [1.165, 1.54) is 7.11 Å². The van der Waals surface area contributed by atoms with E-state index in [1.54, 1.807) is 6.92 Å². The number of carbonyl (C=O) groups is 2. The van der Waals surface area contributed by atoms with Crippen LogP contribution in [-0.2, 0) is 9.53 Å².